The van der Waals surface area contributed by atoms with Gasteiger partial charge in [-0.25, -0.2) is 4.98 Å². The van der Waals surface area contributed by atoms with Crippen LogP contribution in [0.4, 0.5) is 0 Å². The fraction of sp³-hybridized carbons (Fsp3) is 0.500. The monoisotopic (exact) mass is 175 g/mol. The molecule has 0 saturated heterocycles. The van der Waals surface area contributed by atoms with E-state index in [4.69, 9.17) is 5.11 Å². The van der Waals surface area contributed by atoms with E-state index in [1.54, 1.807) is 23.1 Å². The van der Waals surface area contributed by atoms with Crippen molar-refractivity contribution in [3.63, 3.8) is 0 Å². The van der Waals surface area contributed by atoms with Crippen LogP contribution in [0.15, 0.2) is 5.38 Å². The minimum atomic E-state index is 0.0604. The molecule has 0 aliphatic rings. The van der Waals surface area contributed by atoms with E-state index < -0.39 is 0 Å². The number of hydrogen-bond donors (Lipinski definition) is 1. The standard InChI is InChI=1S/C6H9NOS2/c1-9-4-6-7-5(2-8)3-10-6/h3,8H,2,4H2,1H3. The van der Waals surface area contributed by atoms with Crippen molar-refractivity contribution in [2.45, 2.75) is 12.4 Å². The van der Waals surface area contributed by atoms with Gasteiger partial charge in [-0.3, -0.25) is 0 Å². The summed E-state index contributed by atoms with van der Waals surface area (Å²) in [6, 6.07) is 0. The quantitative estimate of drug-likeness (QED) is 0.755. The van der Waals surface area contributed by atoms with Crippen LogP contribution < -0.4 is 0 Å². The molecule has 0 bridgehead atoms. The Morgan fingerprint density at radius 1 is 1.80 bits per heavy atom. The van der Waals surface area contributed by atoms with Gasteiger partial charge in [0.05, 0.1) is 12.3 Å². The number of rotatable bonds is 3. The maximum atomic E-state index is 8.66. The molecule has 0 atom stereocenters. The molecule has 0 aliphatic heterocycles. The molecule has 0 spiro atoms. The van der Waals surface area contributed by atoms with Gasteiger partial charge in [0.1, 0.15) is 5.01 Å². The highest BCUT2D eigenvalue weighted by molar-refractivity contribution is 7.97. The lowest BCUT2D eigenvalue weighted by atomic mass is 10.5. The van der Waals surface area contributed by atoms with E-state index >= 15 is 0 Å². The van der Waals surface area contributed by atoms with Crippen molar-refractivity contribution in [2.75, 3.05) is 6.26 Å². The largest absolute Gasteiger partial charge is 0.390 e. The topological polar surface area (TPSA) is 33.1 Å². The lowest BCUT2D eigenvalue weighted by Gasteiger charge is -1.87. The number of nitrogens with zero attached hydrogens (tertiary/aromatic N) is 1. The molecule has 56 valence electrons. The van der Waals surface area contributed by atoms with Gasteiger partial charge in [-0.15, -0.1) is 11.3 Å². The van der Waals surface area contributed by atoms with Crippen molar-refractivity contribution in [3.05, 3.63) is 16.1 Å². The number of aromatic nitrogens is 1. The van der Waals surface area contributed by atoms with Gasteiger partial charge in [-0.2, -0.15) is 11.8 Å². The van der Waals surface area contributed by atoms with E-state index in [0.717, 1.165) is 16.5 Å². The predicted molar refractivity (Wildman–Crippen MR) is 45.3 cm³/mol. The molecule has 1 rings (SSSR count). The van der Waals surface area contributed by atoms with Crippen LogP contribution in [0.5, 0.6) is 0 Å². The molecule has 2 nitrogen and oxygen atoms in total. The lowest BCUT2D eigenvalue weighted by Crippen LogP contribution is -1.83. The minimum absolute atomic E-state index is 0.0604. The smallest absolute Gasteiger partial charge is 0.103 e. The van der Waals surface area contributed by atoms with Crippen LogP contribution in [0.25, 0.3) is 0 Å². The summed E-state index contributed by atoms with van der Waals surface area (Å²) < 4.78 is 0. The molecule has 0 fully saturated rings. The zero-order chi connectivity index (χ0) is 7.40. The Morgan fingerprint density at radius 2 is 2.60 bits per heavy atom. The van der Waals surface area contributed by atoms with Crippen LogP contribution in [-0.2, 0) is 12.4 Å². The second kappa shape index (κ2) is 3.95. The van der Waals surface area contributed by atoms with Crippen LogP contribution in [-0.4, -0.2) is 16.3 Å². The molecule has 1 aromatic rings. The first-order chi connectivity index (χ1) is 4.86. The Hall–Kier alpha value is -0.0600. The predicted octanol–water partition coefficient (Wildman–Crippen LogP) is 1.50. The number of aliphatic hydroxyl groups excluding tert-OH is 1. The van der Waals surface area contributed by atoms with Gasteiger partial charge in [0, 0.05) is 11.1 Å². The summed E-state index contributed by atoms with van der Waals surface area (Å²) in [6.45, 7) is 0.0604. The third kappa shape index (κ3) is 1.97. The van der Waals surface area contributed by atoms with E-state index in [1.807, 2.05) is 11.6 Å². The second-order valence-electron chi connectivity index (χ2n) is 1.82. The normalized spacial score (nSPS) is 10.2. The summed E-state index contributed by atoms with van der Waals surface area (Å²) in [7, 11) is 0. The number of thioether (sulfide) groups is 1. The SMILES string of the molecule is CSCc1nc(CO)cs1. The first kappa shape index (κ1) is 8.04. The Balaban J connectivity index is 2.59. The van der Waals surface area contributed by atoms with Crippen molar-refractivity contribution < 1.29 is 5.11 Å². The molecule has 0 saturated carbocycles. The van der Waals surface area contributed by atoms with Crippen molar-refractivity contribution in [3.8, 4) is 0 Å². The van der Waals surface area contributed by atoms with Gasteiger partial charge in [0.15, 0.2) is 0 Å². The van der Waals surface area contributed by atoms with Gasteiger partial charge in [-0.1, -0.05) is 0 Å². The van der Waals surface area contributed by atoms with Crippen LogP contribution >= 0.6 is 23.1 Å². The third-order valence-corrected chi connectivity index (χ3v) is 2.67. The first-order valence-electron chi connectivity index (χ1n) is 2.90. The average Bonchev–Trinajstić information content (AvgIpc) is 2.37. The number of aliphatic hydroxyl groups is 1. The molecule has 0 radical (unpaired) electrons. The summed E-state index contributed by atoms with van der Waals surface area (Å²) in [6.07, 6.45) is 2.04. The molecular formula is C6H9NOS2. The van der Waals surface area contributed by atoms with Crippen LogP contribution in [0.2, 0.25) is 0 Å². The van der Waals surface area contributed by atoms with Crippen LogP contribution in [0.3, 0.4) is 0 Å². The second-order valence-corrected chi connectivity index (χ2v) is 3.63. The van der Waals surface area contributed by atoms with Crippen molar-refractivity contribution >= 4 is 23.1 Å². The minimum Gasteiger partial charge on any atom is -0.390 e. The first-order valence-corrected chi connectivity index (χ1v) is 5.17. The molecule has 1 N–H and O–H groups in total. The summed E-state index contributed by atoms with van der Waals surface area (Å²) in [5.74, 6) is 0.949. The summed E-state index contributed by atoms with van der Waals surface area (Å²) >= 11 is 3.35. The Bertz CT molecular complexity index is 199. The zero-order valence-electron chi connectivity index (χ0n) is 5.70. The molecule has 0 aromatic carbocycles. The van der Waals surface area contributed by atoms with Crippen LogP contribution in [0, 0.1) is 0 Å². The highest BCUT2D eigenvalue weighted by Crippen LogP contribution is 2.14. The molecule has 0 amide bonds. The molecular weight excluding hydrogens is 166 g/mol. The van der Waals surface area contributed by atoms with Crippen molar-refractivity contribution in [2.24, 2.45) is 0 Å². The fourth-order valence-electron chi connectivity index (χ4n) is 0.611. The molecule has 0 aliphatic carbocycles. The summed E-state index contributed by atoms with van der Waals surface area (Å²) in [4.78, 5) is 4.17. The van der Waals surface area contributed by atoms with E-state index in [2.05, 4.69) is 4.98 Å². The molecule has 10 heavy (non-hydrogen) atoms. The Morgan fingerprint density at radius 3 is 3.10 bits per heavy atom. The summed E-state index contributed by atoms with van der Waals surface area (Å²) in [5.41, 5.74) is 0.786. The highest BCUT2D eigenvalue weighted by Gasteiger charge is 1.98. The molecule has 0 unspecified atom stereocenters. The van der Waals surface area contributed by atoms with Crippen molar-refractivity contribution in [1.82, 2.24) is 4.98 Å². The maximum Gasteiger partial charge on any atom is 0.103 e. The van der Waals surface area contributed by atoms with Gasteiger partial charge in [0.2, 0.25) is 0 Å². The number of thiazole rings is 1. The van der Waals surface area contributed by atoms with E-state index in [0.29, 0.717) is 0 Å². The number of hydrogen-bond acceptors (Lipinski definition) is 4. The van der Waals surface area contributed by atoms with Gasteiger partial charge in [0.25, 0.3) is 0 Å². The van der Waals surface area contributed by atoms with Crippen LogP contribution in [0.1, 0.15) is 10.7 Å². The maximum absolute atomic E-state index is 8.66. The Labute approximate surface area is 68.3 Å². The highest BCUT2D eigenvalue weighted by atomic mass is 32.2. The fourth-order valence-corrected chi connectivity index (χ4v) is 2.12. The van der Waals surface area contributed by atoms with Gasteiger partial charge >= 0.3 is 0 Å². The van der Waals surface area contributed by atoms with E-state index in [1.165, 1.54) is 0 Å². The lowest BCUT2D eigenvalue weighted by molar-refractivity contribution is 0.277. The van der Waals surface area contributed by atoms with E-state index in [-0.39, 0.29) is 6.61 Å². The van der Waals surface area contributed by atoms with Crippen molar-refractivity contribution in [1.29, 1.82) is 0 Å². The molecule has 4 heteroatoms. The summed E-state index contributed by atoms with van der Waals surface area (Å²) in [5, 5.41) is 11.6. The van der Waals surface area contributed by atoms with E-state index in [9.17, 15) is 0 Å². The zero-order valence-corrected chi connectivity index (χ0v) is 7.34. The van der Waals surface area contributed by atoms with Gasteiger partial charge < -0.3 is 5.11 Å². The molecule has 1 aromatic heterocycles. The van der Waals surface area contributed by atoms with Gasteiger partial charge in [-0.05, 0) is 6.26 Å². The Kier molecular flexibility index (Phi) is 3.18. The molecule has 1 heterocycles. The average molecular weight is 175 g/mol. The third-order valence-electron chi connectivity index (χ3n) is 1.03.